The van der Waals surface area contributed by atoms with Crippen LogP contribution in [-0.4, -0.2) is 33.6 Å². The molecule has 1 N–H and O–H groups in total. The Bertz CT molecular complexity index is 468. The lowest BCUT2D eigenvalue weighted by atomic mass is 9.86. The van der Waals surface area contributed by atoms with Gasteiger partial charge >= 0.3 is 6.18 Å². The zero-order valence-corrected chi connectivity index (χ0v) is 12.5. The Hall–Kier alpha value is -1.11. The summed E-state index contributed by atoms with van der Waals surface area (Å²) in [6.07, 6.45) is -2.19. The standard InChI is InChI=1S/C14H21F3N2O2/c1-12(2,3)11(20)19-13(21,14(15,16)17)9-7-5-4-6-8-10(9)18-19/h9,21H,4-8H2,1-3H3/t9-,13+/m1/s1. The number of aliphatic hydroxyl groups is 1. The predicted molar refractivity (Wildman–Crippen MR) is 71.3 cm³/mol. The fourth-order valence-corrected chi connectivity index (χ4v) is 2.91. The molecule has 1 aliphatic heterocycles. The van der Waals surface area contributed by atoms with Gasteiger partial charge in [-0.25, -0.2) is 0 Å². The molecule has 2 rings (SSSR count). The van der Waals surface area contributed by atoms with Crippen molar-refractivity contribution in [1.29, 1.82) is 0 Å². The van der Waals surface area contributed by atoms with Crippen molar-refractivity contribution in [3.05, 3.63) is 0 Å². The molecule has 1 aliphatic carbocycles. The molecule has 0 bridgehead atoms. The number of hydrazone groups is 1. The van der Waals surface area contributed by atoms with Gasteiger partial charge in [-0.1, -0.05) is 33.6 Å². The molecule has 0 aromatic rings. The molecule has 1 heterocycles. The molecule has 4 nitrogen and oxygen atoms in total. The van der Waals surface area contributed by atoms with Crippen molar-refractivity contribution >= 4 is 11.6 Å². The molecular weight excluding hydrogens is 285 g/mol. The minimum atomic E-state index is -4.94. The molecule has 0 radical (unpaired) electrons. The van der Waals surface area contributed by atoms with Gasteiger partial charge in [0.05, 0.1) is 5.92 Å². The molecule has 0 saturated heterocycles. The third-order valence-corrected chi connectivity index (χ3v) is 4.12. The van der Waals surface area contributed by atoms with Gasteiger partial charge in [-0.3, -0.25) is 4.79 Å². The maximum absolute atomic E-state index is 13.5. The maximum atomic E-state index is 13.5. The van der Waals surface area contributed by atoms with E-state index in [1.165, 1.54) is 20.8 Å². The summed E-state index contributed by atoms with van der Waals surface area (Å²) >= 11 is 0. The maximum Gasteiger partial charge on any atom is 0.439 e. The Kier molecular flexibility index (Phi) is 3.85. The Balaban J connectivity index is 2.49. The van der Waals surface area contributed by atoms with Crippen LogP contribution in [0, 0.1) is 11.3 Å². The molecule has 1 amide bonds. The van der Waals surface area contributed by atoms with Gasteiger partial charge in [-0.05, 0) is 19.3 Å². The van der Waals surface area contributed by atoms with Crippen LogP contribution >= 0.6 is 0 Å². The number of hydrogen-bond acceptors (Lipinski definition) is 3. The minimum absolute atomic E-state index is 0.197. The van der Waals surface area contributed by atoms with E-state index >= 15 is 0 Å². The van der Waals surface area contributed by atoms with Gasteiger partial charge in [0, 0.05) is 11.1 Å². The summed E-state index contributed by atoms with van der Waals surface area (Å²) in [4.78, 5) is 12.3. The Morgan fingerprint density at radius 1 is 1.29 bits per heavy atom. The first kappa shape index (κ1) is 16.3. The molecule has 2 aliphatic rings. The molecule has 0 aromatic carbocycles. The normalized spacial score (nSPS) is 30.7. The summed E-state index contributed by atoms with van der Waals surface area (Å²) in [6, 6.07) is 0. The van der Waals surface area contributed by atoms with Crippen LogP contribution in [0.25, 0.3) is 0 Å². The van der Waals surface area contributed by atoms with E-state index in [1.54, 1.807) is 0 Å². The van der Waals surface area contributed by atoms with Crippen molar-refractivity contribution in [2.75, 3.05) is 0 Å². The number of alkyl halides is 3. The number of carbonyl (C=O) groups is 1. The summed E-state index contributed by atoms with van der Waals surface area (Å²) in [5.41, 5.74) is -3.96. The fourth-order valence-electron chi connectivity index (χ4n) is 2.91. The molecule has 1 saturated carbocycles. The highest BCUT2D eigenvalue weighted by Crippen LogP contribution is 2.48. The summed E-state index contributed by atoms with van der Waals surface area (Å²) in [6.45, 7) is 4.54. The molecule has 0 unspecified atom stereocenters. The van der Waals surface area contributed by atoms with Gasteiger partial charge in [0.1, 0.15) is 0 Å². The molecule has 1 fully saturated rings. The van der Waals surface area contributed by atoms with Crippen LogP contribution in [0.3, 0.4) is 0 Å². The number of hydrogen-bond donors (Lipinski definition) is 1. The summed E-state index contributed by atoms with van der Waals surface area (Å²) in [5, 5.41) is 14.6. The monoisotopic (exact) mass is 306 g/mol. The van der Waals surface area contributed by atoms with E-state index in [9.17, 15) is 23.1 Å². The van der Waals surface area contributed by atoms with Crippen molar-refractivity contribution in [2.24, 2.45) is 16.4 Å². The van der Waals surface area contributed by atoms with E-state index in [2.05, 4.69) is 5.10 Å². The average Bonchev–Trinajstić information content (AvgIpc) is 2.50. The van der Waals surface area contributed by atoms with E-state index in [1.807, 2.05) is 0 Å². The van der Waals surface area contributed by atoms with Crippen LogP contribution in [0.2, 0.25) is 0 Å². The van der Waals surface area contributed by atoms with E-state index in [0.29, 0.717) is 23.6 Å². The lowest BCUT2D eigenvalue weighted by molar-refractivity contribution is -0.318. The highest BCUT2D eigenvalue weighted by Gasteiger charge is 2.68. The first-order valence-corrected chi connectivity index (χ1v) is 7.20. The second kappa shape index (κ2) is 4.97. The van der Waals surface area contributed by atoms with Crippen LogP contribution in [0.1, 0.15) is 52.9 Å². The largest absolute Gasteiger partial charge is 0.439 e. The van der Waals surface area contributed by atoms with Crippen molar-refractivity contribution < 1.29 is 23.1 Å². The third kappa shape index (κ3) is 2.56. The number of rotatable bonds is 0. The van der Waals surface area contributed by atoms with Crippen molar-refractivity contribution in [1.82, 2.24) is 5.01 Å². The summed E-state index contributed by atoms with van der Waals surface area (Å²) in [7, 11) is 0. The van der Waals surface area contributed by atoms with Crippen molar-refractivity contribution in [3.63, 3.8) is 0 Å². The topological polar surface area (TPSA) is 52.9 Å². The summed E-state index contributed by atoms with van der Waals surface area (Å²) < 4.78 is 40.6. The number of nitrogens with zero attached hydrogens (tertiary/aromatic N) is 2. The van der Waals surface area contributed by atoms with Gasteiger partial charge < -0.3 is 5.11 Å². The lowest BCUT2D eigenvalue weighted by Crippen LogP contribution is -2.62. The highest BCUT2D eigenvalue weighted by molar-refractivity contribution is 5.94. The van der Waals surface area contributed by atoms with Gasteiger partial charge in [-0.2, -0.15) is 23.3 Å². The van der Waals surface area contributed by atoms with Crippen molar-refractivity contribution in [3.8, 4) is 0 Å². The number of amides is 1. The molecule has 21 heavy (non-hydrogen) atoms. The average molecular weight is 306 g/mol. The van der Waals surface area contributed by atoms with Crippen molar-refractivity contribution in [2.45, 2.75) is 64.8 Å². The SMILES string of the molecule is CC(C)(C)C(=O)N1N=C2CCCCC[C@H]2[C@]1(O)C(F)(F)F. The zero-order chi connectivity index (χ0) is 16.1. The van der Waals surface area contributed by atoms with Crippen LogP contribution in [0.5, 0.6) is 0 Å². The molecule has 120 valence electrons. The van der Waals surface area contributed by atoms with Gasteiger partial charge in [-0.15, -0.1) is 0 Å². The predicted octanol–water partition coefficient (Wildman–Crippen LogP) is 3.06. The van der Waals surface area contributed by atoms with E-state index < -0.39 is 29.1 Å². The molecule has 0 spiro atoms. The molecule has 2 atom stereocenters. The Morgan fingerprint density at radius 2 is 1.90 bits per heavy atom. The second-order valence-corrected chi connectivity index (χ2v) is 6.83. The number of carbonyl (C=O) groups excluding carboxylic acids is 1. The van der Waals surface area contributed by atoms with Crippen LogP contribution in [0.15, 0.2) is 5.10 Å². The first-order chi connectivity index (χ1) is 9.49. The zero-order valence-electron chi connectivity index (χ0n) is 12.5. The smallest absolute Gasteiger partial charge is 0.362 e. The molecule has 7 heteroatoms. The molecule has 0 aromatic heterocycles. The van der Waals surface area contributed by atoms with E-state index in [-0.39, 0.29) is 6.42 Å². The van der Waals surface area contributed by atoms with Crippen LogP contribution < -0.4 is 0 Å². The first-order valence-electron chi connectivity index (χ1n) is 7.20. The number of halogens is 3. The summed E-state index contributed by atoms with van der Waals surface area (Å²) in [5.74, 6) is -1.96. The van der Waals surface area contributed by atoms with Gasteiger partial charge in [0.25, 0.3) is 11.6 Å². The number of fused-ring (bicyclic) bond motifs is 1. The fraction of sp³-hybridized carbons (Fsp3) is 0.857. The molecular formula is C14H21F3N2O2. The van der Waals surface area contributed by atoms with Crippen LogP contribution in [-0.2, 0) is 4.79 Å². The van der Waals surface area contributed by atoms with Crippen LogP contribution in [0.4, 0.5) is 13.2 Å². The highest BCUT2D eigenvalue weighted by atomic mass is 19.4. The Labute approximate surface area is 122 Å². The van der Waals surface area contributed by atoms with E-state index in [0.717, 1.165) is 12.8 Å². The third-order valence-electron chi connectivity index (χ3n) is 4.12. The van der Waals surface area contributed by atoms with E-state index in [4.69, 9.17) is 0 Å². The van der Waals surface area contributed by atoms with Gasteiger partial charge in [0.15, 0.2) is 0 Å². The quantitative estimate of drug-likeness (QED) is 0.748. The second-order valence-electron chi connectivity index (χ2n) is 6.83. The minimum Gasteiger partial charge on any atom is -0.362 e. The lowest BCUT2D eigenvalue weighted by Gasteiger charge is -2.39. The Morgan fingerprint density at radius 3 is 2.43 bits per heavy atom. The van der Waals surface area contributed by atoms with Gasteiger partial charge in [0.2, 0.25) is 0 Å².